The zero-order valence-electron chi connectivity index (χ0n) is 21.4. The SMILES string of the molecule is CCC1(C)c2ccccc2-c2n(-c3ccc4c(c3)sc3ccccc34)c3ccccc3[n+]2C1(C)CC. The van der Waals surface area contributed by atoms with E-state index in [9.17, 15) is 0 Å². The predicted octanol–water partition coefficient (Wildman–Crippen LogP) is 8.76. The number of fused-ring (bicyclic) bond motifs is 8. The lowest BCUT2D eigenvalue weighted by atomic mass is 9.61. The van der Waals surface area contributed by atoms with Crippen molar-refractivity contribution in [3.8, 4) is 17.1 Å². The molecule has 2 nitrogen and oxygen atoms in total. The Morgan fingerprint density at radius 1 is 0.750 bits per heavy atom. The number of hydrogen-bond acceptors (Lipinski definition) is 1. The van der Waals surface area contributed by atoms with Gasteiger partial charge in [0.05, 0.1) is 5.56 Å². The lowest BCUT2D eigenvalue weighted by Gasteiger charge is -2.47. The van der Waals surface area contributed by atoms with E-state index in [-0.39, 0.29) is 11.0 Å². The normalized spacial score (nSPS) is 21.2. The van der Waals surface area contributed by atoms with E-state index in [0.717, 1.165) is 12.8 Å². The molecule has 3 heteroatoms. The summed E-state index contributed by atoms with van der Waals surface area (Å²) in [5.41, 5.74) is 6.58. The van der Waals surface area contributed by atoms with Crippen molar-refractivity contribution in [2.75, 3.05) is 0 Å². The highest BCUT2D eigenvalue weighted by Gasteiger charge is 2.56. The Bertz CT molecular complexity index is 1810. The average molecular weight is 488 g/mol. The molecular weight excluding hydrogens is 456 g/mol. The van der Waals surface area contributed by atoms with Crippen LogP contribution in [-0.4, -0.2) is 4.57 Å². The van der Waals surface area contributed by atoms with Crippen molar-refractivity contribution in [2.45, 2.75) is 51.5 Å². The summed E-state index contributed by atoms with van der Waals surface area (Å²) in [5, 5.41) is 2.69. The fourth-order valence-electron chi connectivity index (χ4n) is 6.84. The van der Waals surface area contributed by atoms with Crippen LogP contribution < -0.4 is 4.57 Å². The number of rotatable bonds is 3. The lowest BCUT2D eigenvalue weighted by molar-refractivity contribution is -0.743. The molecule has 0 fully saturated rings. The smallest absolute Gasteiger partial charge is 0.216 e. The van der Waals surface area contributed by atoms with Gasteiger partial charge in [-0.15, -0.1) is 11.3 Å². The summed E-state index contributed by atoms with van der Waals surface area (Å²) in [4.78, 5) is 0. The molecule has 0 radical (unpaired) electrons. The molecule has 36 heavy (non-hydrogen) atoms. The van der Waals surface area contributed by atoms with Gasteiger partial charge >= 0.3 is 0 Å². The topological polar surface area (TPSA) is 8.81 Å². The molecule has 2 unspecified atom stereocenters. The van der Waals surface area contributed by atoms with Crippen LogP contribution in [-0.2, 0) is 11.0 Å². The molecule has 0 saturated heterocycles. The van der Waals surface area contributed by atoms with E-state index in [4.69, 9.17) is 0 Å². The van der Waals surface area contributed by atoms with Gasteiger partial charge < -0.3 is 0 Å². The molecule has 0 amide bonds. The minimum atomic E-state index is -0.0575. The third-order valence-electron chi connectivity index (χ3n) is 9.25. The van der Waals surface area contributed by atoms with Crippen molar-refractivity contribution >= 4 is 42.5 Å². The van der Waals surface area contributed by atoms with Crippen LogP contribution in [0.5, 0.6) is 0 Å². The maximum Gasteiger partial charge on any atom is 0.295 e. The Labute approximate surface area is 216 Å². The molecule has 3 heterocycles. The zero-order valence-corrected chi connectivity index (χ0v) is 22.2. The molecule has 2 aromatic heterocycles. The minimum absolute atomic E-state index is 0.0282. The lowest BCUT2D eigenvalue weighted by Crippen LogP contribution is -2.67. The fourth-order valence-corrected chi connectivity index (χ4v) is 7.98. The number of hydrogen-bond donors (Lipinski definition) is 0. The van der Waals surface area contributed by atoms with Gasteiger partial charge in [-0.2, -0.15) is 4.57 Å². The molecule has 6 aromatic rings. The van der Waals surface area contributed by atoms with Gasteiger partial charge in [0.15, 0.2) is 11.0 Å². The summed E-state index contributed by atoms with van der Waals surface area (Å²) in [7, 11) is 0. The Hall–Kier alpha value is -3.43. The molecule has 1 aliphatic rings. The first-order chi connectivity index (χ1) is 17.5. The first-order valence-electron chi connectivity index (χ1n) is 13.1. The Kier molecular flexibility index (Phi) is 4.57. The first kappa shape index (κ1) is 21.8. The molecule has 0 spiro atoms. The Morgan fingerprint density at radius 2 is 1.47 bits per heavy atom. The first-order valence-corrected chi connectivity index (χ1v) is 13.9. The zero-order chi connectivity index (χ0) is 24.7. The molecular formula is C33H31N2S+. The van der Waals surface area contributed by atoms with Crippen LogP contribution in [0.3, 0.4) is 0 Å². The van der Waals surface area contributed by atoms with E-state index < -0.39 is 0 Å². The highest BCUT2D eigenvalue weighted by Crippen LogP contribution is 2.51. The maximum atomic E-state index is 2.67. The van der Waals surface area contributed by atoms with E-state index >= 15 is 0 Å². The minimum Gasteiger partial charge on any atom is -0.216 e. The Morgan fingerprint density at radius 3 is 2.31 bits per heavy atom. The largest absolute Gasteiger partial charge is 0.295 e. The van der Waals surface area contributed by atoms with Crippen LogP contribution in [0.15, 0.2) is 91.0 Å². The van der Waals surface area contributed by atoms with Gasteiger partial charge in [0, 0.05) is 31.7 Å². The molecule has 2 atom stereocenters. The molecule has 1 aliphatic heterocycles. The Balaban J connectivity index is 1.63. The average Bonchev–Trinajstić information content (AvgIpc) is 3.47. The van der Waals surface area contributed by atoms with Gasteiger partial charge in [-0.3, -0.25) is 0 Å². The summed E-state index contributed by atoms with van der Waals surface area (Å²) in [6.45, 7) is 9.65. The summed E-state index contributed by atoms with van der Waals surface area (Å²) < 4.78 is 7.87. The van der Waals surface area contributed by atoms with Crippen molar-refractivity contribution in [3.63, 3.8) is 0 Å². The van der Waals surface area contributed by atoms with Gasteiger partial charge in [-0.1, -0.05) is 69.3 Å². The van der Waals surface area contributed by atoms with Crippen LogP contribution in [0.1, 0.15) is 46.1 Å². The second-order valence-corrected chi connectivity index (χ2v) is 11.7. The number of para-hydroxylation sites is 2. The number of imidazole rings is 1. The summed E-state index contributed by atoms with van der Waals surface area (Å²) in [6, 6.07) is 33.9. The van der Waals surface area contributed by atoms with Gasteiger partial charge in [0.1, 0.15) is 11.2 Å². The molecule has 0 bridgehead atoms. The number of nitrogens with zero attached hydrogens (tertiary/aromatic N) is 2. The fraction of sp³-hybridized carbons (Fsp3) is 0.242. The van der Waals surface area contributed by atoms with Crippen LogP contribution in [0.25, 0.3) is 48.3 Å². The van der Waals surface area contributed by atoms with E-state index in [1.54, 1.807) is 0 Å². The van der Waals surface area contributed by atoms with Crippen LogP contribution >= 0.6 is 11.3 Å². The van der Waals surface area contributed by atoms with E-state index in [1.807, 2.05) is 11.3 Å². The summed E-state index contributed by atoms with van der Waals surface area (Å²) in [6.07, 6.45) is 2.15. The molecule has 0 N–H and O–H groups in total. The van der Waals surface area contributed by atoms with Crippen molar-refractivity contribution < 1.29 is 4.57 Å². The van der Waals surface area contributed by atoms with Crippen LogP contribution in [0.2, 0.25) is 0 Å². The summed E-state index contributed by atoms with van der Waals surface area (Å²) in [5.74, 6) is 1.29. The molecule has 178 valence electrons. The monoisotopic (exact) mass is 487 g/mol. The van der Waals surface area contributed by atoms with Gasteiger partial charge in [-0.25, -0.2) is 4.57 Å². The van der Waals surface area contributed by atoms with Gasteiger partial charge in [0.2, 0.25) is 0 Å². The second-order valence-electron chi connectivity index (χ2n) is 10.6. The van der Waals surface area contributed by atoms with Crippen LogP contribution in [0.4, 0.5) is 0 Å². The molecule has 0 saturated carbocycles. The second kappa shape index (κ2) is 7.54. The standard InChI is InChI=1S/C33H31N2S/c1-5-32(3)26-15-9-7-14-25(26)31-34(27-16-10-11-17-28(27)35(31)33(32,4)6-2)22-19-20-24-23-13-8-12-18-29(23)36-30(24)21-22/h7-21H,5-6H2,1-4H3/q+1. The quantitative estimate of drug-likeness (QED) is 0.221. The van der Waals surface area contributed by atoms with Gasteiger partial charge in [-0.05, 0) is 61.7 Å². The number of benzene rings is 4. The number of thiophene rings is 1. The summed E-state index contributed by atoms with van der Waals surface area (Å²) >= 11 is 1.89. The van der Waals surface area contributed by atoms with E-state index in [2.05, 4.69) is 128 Å². The van der Waals surface area contributed by atoms with E-state index in [1.165, 1.54) is 53.8 Å². The molecule has 7 rings (SSSR count). The predicted molar refractivity (Wildman–Crippen MR) is 153 cm³/mol. The highest BCUT2D eigenvalue weighted by atomic mass is 32.1. The van der Waals surface area contributed by atoms with Crippen LogP contribution in [0, 0.1) is 0 Å². The van der Waals surface area contributed by atoms with Crippen molar-refractivity contribution in [1.29, 1.82) is 0 Å². The molecule has 0 aliphatic carbocycles. The van der Waals surface area contributed by atoms with Gasteiger partial charge in [0.25, 0.3) is 5.82 Å². The van der Waals surface area contributed by atoms with Crippen molar-refractivity contribution in [2.24, 2.45) is 0 Å². The maximum absolute atomic E-state index is 2.67. The third-order valence-corrected chi connectivity index (χ3v) is 10.4. The third kappa shape index (κ3) is 2.59. The van der Waals surface area contributed by atoms with E-state index in [0.29, 0.717) is 0 Å². The highest BCUT2D eigenvalue weighted by molar-refractivity contribution is 7.25. The number of aromatic nitrogens is 2. The van der Waals surface area contributed by atoms with Crippen molar-refractivity contribution in [1.82, 2.24) is 4.57 Å². The molecule has 4 aromatic carbocycles. The van der Waals surface area contributed by atoms with Crippen molar-refractivity contribution in [3.05, 3.63) is 96.6 Å².